The van der Waals surface area contributed by atoms with Crippen LogP contribution in [-0.4, -0.2) is 31.1 Å². The second kappa shape index (κ2) is 5.93. The predicted molar refractivity (Wildman–Crippen MR) is 64.7 cm³/mol. The highest BCUT2D eigenvalue weighted by Gasteiger charge is 2.11. The van der Waals surface area contributed by atoms with Crippen LogP contribution in [0.5, 0.6) is 0 Å². The third-order valence-corrected chi connectivity index (χ3v) is 3.64. The molecule has 2 rings (SSSR count). The quantitative estimate of drug-likeness (QED) is 0.869. The van der Waals surface area contributed by atoms with Gasteiger partial charge in [-0.2, -0.15) is 0 Å². The summed E-state index contributed by atoms with van der Waals surface area (Å²) in [5.74, 6) is 0. The van der Waals surface area contributed by atoms with Crippen LogP contribution in [0, 0.1) is 0 Å². The normalized spacial score (nSPS) is 17.8. The molecule has 0 unspecified atom stereocenters. The van der Waals surface area contributed by atoms with Crippen LogP contribution in [0.3, 0.4) is 0 Å². The molecule has 0 bridgehead atoms. The minimum absolute atomic E-state index is 0. The van der Waals surface area contributed by atoms with Crippen LogP contribution in [0.25, 0.3) is 0 Å². The zero-order chi connectivity index (χ0) is 9.10. The Balaban J connectivity index is 0.000000980. The fourth-order valence-corrected chi connectivity index (χ4v) is 2.65. The molecule has 0 amide bonds. The van der Waals surface area contributed by atoms with Crippen molar-refractivity contribution in [3.63, 3.8) is 0 Å². The first-order chi connectivity index (χ1) is 6.36. The van der Waals surface area contributed by atoms with Crippen molar-refractivity contribution >= 4 is 35.3 Å². The van der Waals surface area contributed by atoms with Gasteiger partial charge in [-0.15, -0.1) is 23.7 Å². The number of nitrogens with one attached hydrogen (secondary N) is 1. The van der Waals surface area contributed by atoms with E-state index in [-0.39, 0.29) is 12.4 Å². The standard InChI is InChI=1S/C9H13ClN2S.ClH/c10-8-1-6-13-9(8)7-12-4-2-11-3-5-12;/h1,6,11H,2-5,7H2;1H. The largest absolute Gasteiger partial charge is 0.314 e. The molecule has 14 heavy (non-hydrogen) atoms. The van der Waals surface area contributed by atoms with Crippen LogP contribution < -0.4 is 5.32 Å². The molecule has 0 aromatic carbocycles. The van der Waals surface area contributed by atoms with Gasteiger partial charge in [-0.3, -0.25) is 4.90 Å². The lowest BCUT2D eigenvalue weighted by molar-refractivity contribution is 0.235. The van der Waals surface area contributed by atoms with Crippen molar-refractivity contribution in [2.24, 2.45) is 0 Å². The van der Waals surface area contributed by atoms with E-state index in [1.54, 1.807) is 11.3 Å². The Bertz CT molecular complexity index is 272. The minimum atomic E-state index is 0. The lowest BCUT2D eigenvalue weighted by Gasteiger charge is -2.26. The maximum atomic E-state index is 6.03. The fourth-order valence-electron chi connectivity index (χ4n) is 1.51. The molecule has 1 aliphatic rings. The molecule has 1 aromatic rings. The van der Waals surface area contributed by atoms with Crippen molar-refractivity contribution in [2.75, 3.05) is 26.2 Å². The van der Waals surface area contributed by atoms with Gasteiger partial charge in [-0.25, -0.2) is 0 Å². The second-order valence-corrected chi connectivity index (χ2v) is 4.63. The monoisotopic (exact) mass is 252 g/mol. The first-order valence-electron chi connectivity index (χ1n) is 4.51. The second-order valence-electron chi connectivity index (χ2n) is 3.22. The number of hydrogen-bond acceptors (Lipinski definition) is 3. The molecular formula is C9H14Cl2N2S. The summed E-state index contributed by atoms with van der Waals surface area (Å²) in [6, 6.07) is 1.98. The van der Waals surface area contributed by atoms with Gasteiger partial charge in [-0.05, 0) is 11.4 Å². The van der Waals surface area contributed by atoms with Crippen molar-refractivity contribution in [2.45, 2.75) is 6.54 Å². The summed E-state index contributed by atoms with van der Waals surface area (Å²) in [6.45, 7) is 5.48. The molecule has 2 heterocycles. The Morgan fingerprint density at radius 3 is 2.71 bits per heavy atom. The molecule has 0 aliphatic carbocycles. The molecule has 1 aliphatic heterocycles. The first kappa shape index (κ1) is 12.3. The number of hydrogen-bond donors (Lipinski definition) is 1. The van der Waals surface area contributed by atoms with Gasteiger partial charge in [0.15, 0.2) is 0 Å². The van der Waals surface area contributed by atoms with Gasteiger partial charge < -0.3 is 5.32 Å². The molecular weight excluding hydrogens is 239 g/mol. The molecule has 1 aromatic heterocycles. The van der Waals surface area contributed by atoms with Crippen molar-refractivity contribution in [1.29, 1.82) is 0 Å². The Labute approximate surface area is 99.7 Å². The molecule has 0 radical (unpaired) electrons. The van der Waals surface area contributed by atoms with Gasteiger partial charge in [0.25, 0.3) is 0 Å². The van der Waals surface area contributed by atoms with Gasteiger partial charge in [0.05, 0.1) is 5.02 Å². The highest BCUT2D eigenvalue weighted by Crippen LogP contribution is 2.23. The molecule has 1 saturated heterocycles. The van der Waals surface area contributed by atoms with E-state index < -0.39 is 0 Å². The van der Waals surface area contributed by atoms with Crippen LogP contribution in [0.4, 0.5) is 0 Å². The van der Waals surface area contributed by atoms with Gasteiger partial charge in [0, 0.05) is 37.6 Å². The number of halogens is 2. The number of nitrogens with zero attached hydrogens (tertiary/aromatic N) is 1. The van der Waals surface area contributed by atoms with E-state index in [0.29, 0.717) is 0 Å². The summed E-state index contributed by atoms with van der Waals surface area (Å²) in [7, 11) is 0. The van der Waals surface area contributed by atoms with E-state index in [0.717, 1.165) is 37.7 Å². The van der Waals surface area contributed by atoms with Crippen molar-refractivity contribution in [3.05, 3.63) is 21.3 Å². The van der Waals surface area contributed by atoms with Crippen LogP contribution in [0.15, 0.2) is 11.4 Å². The molecule has 1 N–H and O–H groups in total. The summed E-state index contributed by atoms with van der Waals surface area (Å²) in [5, 5.41) is 6.31. The van der Waals surface area contributed by atoms with Gasteiger partial charge >= 0.3 is 0 Å². The summed E-state index contributed by atoms with van der Waals surface area (Å²) in [6.07, 6.45) is 0. The third-order valence-electron chi connectivity index (χ3n) is 2.27. The van der Waals surface area contributed by atoms with Crippen LogP contribution in [-0.2, 0) is 6.54 Å². The van der Waals surface area contributed by atoms with E-state index in [1.807, 2.05) is 6.07 Å². The van der Waals surface area contributed by atoms with E-state index in [1.165, 1.54) is 4.88 Å². The number of thiophene rings is 1. The van der Waals surface area contributed by atoms with Crippen molar-refractivity contribution < 1.29 is 0 Å². The van der Waals surface area contributed by atoms with Gasteiger partial charge in [-0.1, -0.05) is 11.6 Å². The van der Waals surface area contributed by atoms with E-state index >= 15 is 0 Å². The van der Waals surface area contributed by atoms with Crippen LogP contribution >= 0.6 is 35.3 Å². The molecule has 0 saturated carbocycles. The maximum absolute atomic E-state index is 6.03. The maximum Gasteiger partial charge on any atom is 0.0558 e. The Morgan fingerprint density at radius 2 is 2.14 bits per heavy atom. The number of piperazine rings is 1. The Hall–Kier alpha value is 0.200. The lowest BCUT2D eigenvalue weighted by atomic mass is 10.3. The summed E-state index contributed by atoms with van der Waals surface area (Å²) in [5.41, 5.74) is 0. The topological polar surface area (TPSA) is 15.3 Å². The summed E-state index contributed by atoms with van der Waals surface area (Å²) >= 11 is 7.78. The van der Waals surface area contributed by atoms with E-state index in [9.17, 15) is 0 Å². The molecule has 5 heteroatoms. The average molecular weight is 253 g/mol. The van der Waals surface area contributed by atoms with Gasteiger partial charge in [0.2, 0.25) is 0 Å². The predicted octanol–water partition coefficient (Wildman–Crippen LogP) is 2.23. The molecule has 80 valence electrons. The van der Waals surface area contributed by atoms with E-state index in [2.05, 4.69) is 15.6 Å². The average Bonchev–Trinajstić information content (AvgIpc) is 2.54. The van der Waals surface area contributed by atoms with Crippen LogP contribution in [0.2, 0.25) is 5.02 Å². The van der Waals surface area contributed by atoms with Crippen LogP contribution in [0.1, 0.15) is 4.88 Å². The third kappa shape index (κ3) is 3.11. The van der Waals surface area contributed by atoms with Crippen molar-refractivity contribution in [1.82, 2.24) is 10.2 Å². The van der Waals surface area contributed by atoms with Crippen molar-refractivity contribution in [3.8, 4) is 0 Å². The molecule has 0 spiro atoms. The fraction of sp³-hybridized carbons (Fsp3) is 0.556. The zero-order valence-electron chi connectivity index (χ0n) is 7.83. The SMILES string of the molecule is Cl.Clc1ccsc1CN1CCNCC1. The molecule has 0 atom stereocenters. The number of rotatable bonds is 2. The van der Waals surface area contributed by atoms with Gasteiger partial charge in [0.1, 0.15) is 0 Å². The Kier molecular flexibility index (Phi) is 5.20. The molecule has 1 fully saturated rings. The smallest absolute Gasteiger partial charge is 0.0558 e. The minimum Gasteiger partial charge on any atom is -0.314 e. The summed E-state index contributed by atoms with van der Waals surface area (Å²) < 4.78 is 0. The lowest BCUT2D eigenvalue weighted by Crippen LogP contribution is -2.42. The highest BCUT2D eigenvalue weighted by molar-refractivity contribution is 7.10. The zero-order valence-corrected chi connectivity index (χ0v) is 10.2. The highest BCUT2D eigenvalue weighted by atomic mass is 35.5. The molecule has 2 nitrogen and oxygen atoms in total. The van der Waals surface area contributed by atoms with E-state index in [4.69, 9.17) is 11.6 Å². The Morgan fingerprint density at radius 1 is 1.43 bits per heavy atom. The summed E-state index contributed by atoms with van der Waals surface area (Å²) in [4.78, 5) is 3.73. The first-order valence-corrected chi connectivity index (χ1v) is 5.77.